The van der Waals surface area contributed by atoms with E-state index < -0.39 is 18.4 Å². The van der Waals surface area contributed by atoms with Gasteiger partial charge in [0.05, 0.1) is 16.2 Å². The Kier molecular flexibility index (Phi) is 4.25. The summed E-state index contributed by atoms with van der Waals surface area (Å²) in [6, 6.07) is 6.81. The third-order valence-electron chi connectivity index (χ3n) is 3.60. The molecule has 1 aromatic rings. The topological polar surface area (TPSA) is 77.9 Å². The number of carboxylic acids is 1. The maximum absolute atomic E-state index is 12.8. The lowest BCUT2D eigenvalue weighted by atomic mass is 10.1. The molecule has 122 valence electrons. The number of thiocarbonyl (C=S) groups is 1. The smallest absolute Gasteiger partial charge is 0.323 e. The summed E-state index contributed by atoms with van der Waals surface area (Å²) in [6.07, 6.45) is 1.56. The van der Waals surface area contributed by atoms with Crippen molar-refractivity contribution in [2.45, 2.75) is 0 Å². The van der Waals surface area contributed by atoms with Crippen LogP contribution in [-0.2, 0) is 14.4 Å². The van der Waals surface area contributed by atoms with Crippen LogP contribution in [0.15, 0.2) is 41.8 Å². The number of carbonyl (C=O) groups excluding carboxylic acids is 2. The van der Waals surface area contributed by atoms with E-state index in [1.807, 2.05) is 0 Å². The molecule has 2 heterocycles. The highest BCUT2D eigenvalue weighted by molar-refractivity contribution is 8.26. The summed E-state index contributed by atoms with van der Waals surface area (Å²) in [4.78, 5) is 39.2. The Morgan fingerprint density at radius 2 is 1.96 bits per heavy atom. The molecule has 0 aliphatic carbocycles. The number of anilines is 1. The third kappa shape index (κ3) is 2.53. The molecule has 0 spiro atoms. The van der Waals surface area contributed by atoms with Crippen molar-refractivity contribution in [2.24, 2.45) is 0 Å². The fourth-order valence-electron chi connectivity index (χ4n) is 2.63. The van der Waals surface area contributed by atoms with Gasteiger partial charge in [-0.1, -0.05) is 48.3 Å². The molecule has 0 saturated carbocycles. The molecule has 0 aromatic heterocycles. The van der Waals surface area contributed by atoms with E-state index in [2.05, 4.69) is 6.58 Å². The average Bonchev–Trinajstić information content (AvgIpc) is 2.96. The van der Waals surface area contributed by atoms with Gasteiger partial charge in [0.2, 0.25) is 0 Å². The molecule has 2 aliphatic heterocycles. The largest absolute Gasteiger partial charge is 0.480 e. The number of carbonyl (C=O) groups is 3. The second-order valence-corrected chi connectivity index (χ2v) is 6.72. The number of hydrogen-bond acceptors (Lipinski definition) is 5. The van der Waals surface area contributed by atoms with Crippen LogP contribution in [0.3, 0.4) is 0 Å². The fourth-order valence-corrected chi connectivity index (χ4v) is 3.97. The lowest BCUT2D eigenvalue weighted by Gasteiger charge is -2.13. The van der Waals surface area contributed by atoms with Crippen LogP contribution in [0.5, 0.6) is 0 Å². The molecule has 8 heteroatoms. The van der Waals surface area contributed by atoms with Crippen LogP contribution in [0, 0.1) is 0 Å². The fraction of sp³-hybridized carbons (Fsp3) is 0.125. The Hall–Kier alpha value is -2.45. The van der Waals surface area contributed by atoms with E-state index in [0.29, 0.717) is 15.6 Å². The molecule has 0 radical (unpaired) electrons. The van der Waals surface area contributed by atoms with E-state index in [0.717, 1.165) is 16.7 Å². The number of amides is 2. The zero-order chi connectivity index (χ0) is 17.4. The standard InChI is InChI=1S/C16H12N2O4S2/c1-2-7-17-15(22)13(24-16(17)23)12-9-5-3-4-6-10(9)18(14(12)21)8-11(19)20/h2-6H,1,7-8H2,(H,19,20)/b13-12-. The SMILES string of the molecule is C=CCN1C(=O)/C(=C2/C(=O)N(CC(=O)O)c3ccccc32)SC1=S. The van der Waals surface area contributed by atoms with E-state index in [9.17, 15) is 14.4 Å². The van der Waals surface area contributed by atoms with Crippen molar-refractivity contribution in [3.63, 3.8) is 0 Å². The molecule has 0 unspecified atom stereocenters. The van der Waals surface area contributed by atoms with Gasteiger partial charge in [0.15, 0.2) is 0 Å². The molecule has 0 bridgehead atoms. The molecular formula is C16H12N2O4S2. The zero-order valence-electron chi connectivity index (χ0n) is 12.4. The summed E-state index contributed by atoms with van der Waals surface area (Å²) in [6.45, 7) is 3.39. The predicted molar refractivity (Wildman–Crippen MR) is 95.4 cm³/mol. The van der Waals surface area contributed by atoms with Gasteiger partial charge in [0.25, 0.3) is 11.8 Å². The summed E-state index contributed by atoms with van der Waals surface area (Å²) in [7, 11) is 0. The summed E-state index contributed by atoms with van der Waals surface area (Å²) >= 11 is 6.25. The molecule has 2 amide bonds. The van der Waals surface area contributed by atoms with Crippen molar-refractivity contribution >= 4 is 57.3 Å². The summed E-state index contributed by atoms with van der Waals surface area (Å²) < 4.78 is 0.351. The molecule has 2 aliphatic rings. The van der Waals surface area contributed by atoms with Crippen molar-refractivity contribution in [2.75, 3.05) is 18.0 Å². The Morgan fingerprint density at radius 1 is 1.25 bits per heavy atom. The van der Waals surface area contributed by atoms with Crippen molar-refractivity contribution in [1.29, 1.82) is 0 Å². The summed E-state index contributed by atoms with van der Waals surface area (Å²) in [5.41, 5.74) is 1.23. The lowest BCUT2D eigenvalue weighted by molar-refractivity contribution is -0.136. The van der Waals surface area contributed by atoms with Crippen LogP contribution in [0.2, 0.25) is 0 Å². The van der Waals surface area contributed by atoms with E-state index in [-0.39, 0.29) is 22.9 Å². The molecular weight excluding hydrogens is 348 g/mol. The van der Waals surface area contributed by atoms with Crippen molar-refractivity contribution in [3.8, 4) is 0 Å². The minimum absolute atomic E-state index is 0.204. The van der Waals surface area contributed by atoms with E-state index in [4.69, 9.17) is 17.3 Å². The molecule has 1 fully saturated rings. The minimum Gasteiger partial charge on any atom is -0.480 e. The molecule has 0 atom stereocenters. The van der Waals surface area contributed by atoms with Gasteiger partial charge in [-0.15, -0.1) is 6.58 Å². The van der Waals surface area contributed by atoms with Crippen LogP contribution in [-0.4, -0.2) is 45.2 Å². The van der Waals surface area contributed by atoms with Gasteiger partial charge in [0.1, 0.15) is 10.9 Å². The van der Waals surface area contributed by atoms with Crippen LogP contribution < -0.4 is 4.90 Å². The van der Waals surface area contributed by atoms with Crippen LogP contribution in [0.4, 0.5) is 5.69 Å². The molecule has 6 nitrogen and oxygen atoms in total. The van der Waals surface area contributed by atoms with Gasteiger partial charge in [-0.3, -0.25) is 24.2 Å². The normalized spacial score (nSPS) is 19.9. The van der Waals surface area contributed by atoms with Gasteiger partial charge in [-0.25, -0.2) is 0 Å². The summed E-state index contributed by atoms with van der Waals surface area (Å²) in [5.74, 6) is -1.99. The number of aliphatic carboxylic acids is 1. The average molecular weight is 360 g/mol. The van der Waals surface area contributed by atoms with Crippen molar-refractivity contribution in [1.82, 2.24) is 4.90 Å². The Labute approximate surface area is 147 Å². The first-order chi connectivity index (χ1) is 11.5. The maximum Gasteiger partial charge on any atom is 0.323 e. The Bertz CT molecular complexity index is 831. The van der Waals surface area contributed by atoms with Crippen LogP contribution in [0.1, 0.15) is 5.56 Å². The number of hydrogen-bond donors (Lipinski definition) is 1. The number of para-hydroxylation sites is 1. The lowest BCUT2D eigenvalue weighted by Crippen LogP contribution is -2.32. The molecule has 1 aromatic carbocycles. The second-order valence-electron chi connectivity index (χ2n) is 5.08. The first-order valence-corrected chi connectivity index (χ1v) is 8.20. The van der Waals surface area contributed by atoms with Crippen LogP contribution in [0.25, 0.3) is 5.57 Å². The predicted octanol–water partition coefficient (Wildman–Crippen LogP) is 1.88. The third-order valence-corrected chi connectivity index (χ3v) is 5.05. The second kappa shape index (κ2) is 6.21. The first-order valence-electron chi connectivity index (χ1n) is 6.97. The number of thioether (sulfide) groups is 1. The minimum atomic E-state index is -1.13. The number of nitrogens with zero attached hydrogens (tertiary/aromatic N) is 2. The molecule has 3 rings (SSSR count). The van der Waals surface area contributed by atoms with Gasteiger partial charge in [-0.05, 0) is 6.07 Å². The molecule has 24 heavy (non-hydrogen) atoms. The van der Waals surface area contributed by atoms with Gasteiger partial charge >= 0.3 is 5.97 Å². The number of fused-ring (bicyclic) bond motifs is 1. The Morgan fingerprint density at radius 3 is 2.62 bits per heavy atom. The first kappa shape index (κ1) is 16.4. The van der Waals surface area contributed by atoms with E-state index >= 15 is 0 Å². The summed E-state index contributed by atoms with van der Waals surface area (Å²) in [5, 5.41) is 9.05. The number of benzene rings is 1. The number of carboxylic acid groups (broad SMARTS) is 1. The molecule has 1 N–H and O–H groups in total. The monoisotopic (exact) mass is 360 g/mol. The van der Waals surface area contributed by atoms with Crippen molar-refractivity contribution in [3.05, 3.63) is 47.4 Å². The van der Waals surface area contributed by atoms with Crippen molar-refractivity contribution < 1.29 is 19.5 Å². The van der Waals surface area contributed by atoms with E-state index in [1.165, 1.54) is 4.90 Å². The highest BCUT2D eigenvalue weighted by atomic mass is 32.2. The van der Waals surface area contributed by atoms with Gasteiger partial charge in [0, 0.05) is 12.1 Å². The zero-order valence-corrected chi connectivity index (χ0v) is 14.0. The van der Waals surface area contributed by atoms with Gasteiger partial charge in [-0.2, -0.15) is 0 Å². The number of rotatable bonds is 4. The Balaban J connectivity index is 2.13. The van der Waals surface area contributed by atoms with E-state index in [1.54, 1.807) is 30.3 Å². The molecule has 1 saturated heterocycles. The maximum atomic E-state index is 12.8. The van der Waals surface area contributed by atoms with Crippen LogP contribution >= 0.6 is 24.0 Å². The highest BCUT2D eigenvalue weighted by Crippen LogP contribution is 2.44. The van der Waals surface area contributed by atoms with Gasteiger partial charge < -0.3 is 5.11 Å². The quantitative estimate of drug-likeness (QED) is 0.502. The highest BCUT2D eigenvalue weighted by Gasteiger charge is 2.42.